The minimum absolute atomic E-state index is 0.289. The van der Waals surface area contributed by atoms with Crippen LogP contribution in [0, 0.1) is 0 Å². The average molecular weight is 287 g/mol. The third kappa shape index (κ3) is 2.68. The molecule has 4 aliphatic rings. The number of benzene rings is 1. The molecular formula is C17H25N3O. The van der Waals surface area contributed by atoms with Crippen LogP contribution < -0.4 is 10.5 Å². The maximum atomic E-state index is 6.50. The van der Waals surface area contributed by atoms with Gasteiger partial charge in [0, 0.05) is 51.2 Å². The van der Waals surface area contributed by atoms with E-state index in [1.165, 1.54) is 43.9 Å². The van der Waals surface area contributed by atoms with Gasteiger partial charge in [-0.15, -0.1) is 0 Å². The Hall–Kier alpha value is -1.10. The van der Waals surface area contributed by atoms with Crippen molar-refractivity contribution in [3.8, 4) is 5.75 Å². The van der Waals surface area contributed by atoms with E-state index < -0.39 is 0 Å². The number of hydrogen-bond acceptors (Lipinski definition) is 4. The molecule has 3 saturated heterocycles. The molecule has 0 aliphatic carbocycles. The summed E-state index contributed by atoms with van der Waals surface area (Å²) in [6.45, 7) is 6.87. The summed E-state index contributed by atoms with van der Waals surface area (Å²) in [6.07, 6.45) is 3.22. The van der Waals surface area contributed by atoms with E-state index >= 15 is 0 Å². The van der Waals surface area contributed by atoms with Gasteiger partial charge in [0.25, 0.3) is 0 Å². The Morgan fingerprint density at radius 3 is 2.86 bits per heavy atom. The zero-order valence-electron chi connectivity index (χ0n) is 12.6. The summed E-state index contributed by atoms with van der Waals surface area (Å²) in [7, 11) is 0. The Morgan fingerprint density at radius 1 is 1.24 bits per heavy atom. The van der Waals surface area contributed by atoms with Gasteiger partial charge >= 0.3 is 0 Å². The molecule has 0 spiro atoms. The van der Waals surface area contributed by atoms with E-state index in [1.807, 2.05) is 0 Å². The summed E-state index contributed by atoms with van der Waals surface area (Å²) < 4.78 is 5.57. The minimum Gasteiger partial charge on any atom is -0.493 e. The van der Waals surface area contributed by atoms with Crippen molar-refractivity contribution >= 4 is 0 Å². The van der Waals surface area contributed by atoms with E-state index in [0.29, 0.717) is 6.04 Å². The van der Waals surface area contributed by atoms with Crippen molar-refractivity contribution in [3.63, 3.8) is 0 Å². The third-order valence-corrected chi connectivity index (χ3v) is 5.34. The number of nitrogens with zero attached hydrogens (tertiary/aromatic N) is 2. The van der Waals surface area contributed by atoms with Crippen molar-refractivity contribution in [2.24, 2.45) is 5.73 Å². The summed E-state index contributed by atoms with van der Waals surface area (Å²) in [4.78, 5) is 5.17. The molecule has 0 aromatic heterocycles. The van der Waals surface area contributed by atoms with E-state index in [4.69, 9.17) is 10.5 Å². The smallest absolute Gasteiger partial charge is 0.122 e. The molecule has 21 heavy (non-hydrogen) atoms. The molecule has 0 amide bonds. The van der Waals surface area contributed by atoms with Crippen molar-refractivity contribution in [1.29, 1.82) is 0 Å². The van der Waals surface area contributed by atoms with Crippen molar-refractivity contribution in [2.75, 3.05) is 39.3 Å². The second kappa shape index (κ2) is 5.59. The second-order valence-electron chi connectivity index (χ2n) is 6.65. The highest BCUT2D eigenvalue weighted by atomic mass is 16.5. The first-order valence-corrected chi connectivity index (χ1v) is 8.26. The Bertz CT molecular complexity index is 511. The number of ether oxygens (including phenoxy) is 1. The summed E-state index contributed by atoms with van der Waals surface area (Å²) in [5.41, 5.74) is 9.28. The lowest BCUT2D eigenvalue weighted by atomic mass is 9.95. The predicted octanol–water partition coefficient (Wildman–Crippen LogP) is 0.881. The van der Waals surface area contributed by atoms with Crippen molar-refractivity contribution in [2.45, 2.75) is 31.3 Å². The van der Waals surface area contributed by atoms with Crippen molar-refractivity contribution in [3.05, 3.63) is 29.3 Å². The van der Waals surface area contributed by atoms with Crippen LogP contribution in [0.1, 0.15) is 17.5 Å². The van der Waals surface area contributed by atoms with Gasteiger partial charge in [-0.2, -0.15) is 0 Å². The van der Waals surface area contributed by atoms with Gasteiger partial charge in [0.2, 0.25) is 0 Å². The average Bonchev–Trinajstić information content (AvgIpc) is 3.01. The SMILES string of the molecule is NC(CCc1ccc2c(c1)CCO2)C1CN2CCN1CC2. The topological polar surface area (TPSA) is 41.7 Å². The molecule has 0 saturated carbocycles. The van der Waals surface area contributed by atoms with Crippen LogP contribution in [0.25, 0.3) is 0 Å². The van der Waals surface area contributed by atoms with Crippen LogP contribution in [0.5, 0.6) is 5.75 Å². The van der Waals surface area contributed by atoms with Gasteiger partial charge in [0.05, 0.1) is 6.61 Å². The Kier molecular flexibility index (Phi) is 3.61. The fourth-order valence-electron chi connectivity index (χ4n) is 3.98. The van der Waals surface area contributed by atoms with E-state index in [0.717, 1.165) is 31.6 Å². The van der Waals surface area contributed by atoms with Gasteiger partial charge in [-0.05, 0) is 30.0 Å². The number of rotatable bonds is 4. The number of aryl methyl sites for hydroxylation is 1. The van der Waals surface area contributed by atoms with E-state index in [9.17, 15) is 0 Å². The highest BCUT2D eigenvalue weighted by molar-refractivity contribution is 5.39. The maximum absolute atomic E-state index is 6.50. The summed E-state index contributed by atoms with van der Waals surface area (Å²) in [5, 5.41) is 0. The summed E-state index contributed by atoms with van der Waals surface area (Å²) in [6, 6.07) is 7.49. The predicted molar refractivity (Wildman–Crippen MR) is 83.7 cm³/mol. The highest BCUT2D eigenvalue weighted by Crippen LogP contribution is 2.27. The van der Waals surface area contributed by atoms with E-state index in [1.54, 1.807) is 0 Å². The highest BCUT2D eigenvalue weighted by Gasteiger charge is 2.34. The fraction of sp³-hybridized carbons (Fsp3) is 0.647. The lowest BCUT2D eigenvalue weighted by Crippen LogP contribution is -2.65. The van der Waals surface area contributed by atoms with Crippen LogP contribution in [0.15, 0.2) is 18.2 Å². The van der Waals surface area contributed by atoms with Crippen molar-refractivity contribution in [1.82, 2.24) is 9.80 Å². The van der Waals surface area contributed by atoms with Crippen LogP contribution in [0.4, 0.5) is 0 Å². The van der Waals surface area contributed by atoms with Crippen LogP contribution in [-0.2, 0) is 12.8 Å². The quantitative estimate of drug-likeness (QED) is 0.893. The van der Waals surface area contributed by atoms with Gasteiger partial charge in [-0.1, -0.05) is 12.1 Å². The standard InChI is InChI=1S/C17H25N3O/c18-15(16-12-19-6-8-20(16)9-7-19)3-1-13-2-4-17-14(11-13)5-10-21-17/h2,4,11,15-16H,1,3,5-10,12,18H2. The van der Waals surface area contributed by atoms with E-state index in [2.05, 4.69) is 28.0 Å². The second-order valence-corrected chi connectivity index (χ2v) is 6.65. The molecule has 2 atom stereocenters. The third-order valence-electron chi connectivity index (χ3n) is 5.34. The zero-order chi connectivity index (χ0) is 14.2. The molecule has 5 rings (SSSR count). The Balaban J connectivity index is 1.36. The molecule has 2 N–H and O–H groups in total. The van der Waals surface area contributed by atoms with Gasteiger partial charge < -0.3 is 10.5 Å². The van der Waals surface area contributed by atoms with Gasteiger partial charge in [0.15, 0.2) is 0 Å². The number of piperazine rings is 3. The van der Waals surface area contributed by atoms with Crippen LogP contribution >= 0.6 is 0 Å². The van der Waals surface area contributed by atoms with Gasteiger partial charge in [0.1, 0.15) is 5.75 Å². The molecule has 1 aromatic carbocycles. The van der Waals surface area contributed by atoms with Gasteiger partial charge in [-0.3, -0.25) is 9.80 Å². The number of hydrogen-bond donors (Lipinski definition) is 1. The normalized spacial score (nSPS) is 31.8. The Labute approximate surface area is 126 Å². The molecule has 4 nitrogen and oxygen atoms in total. The lowest BCUT2D eigenvalue weighted by Gasteiger charge is -2.49. The fourth-order valence-corrected chi connectivity index (χ4v) is 3.98. The van der Waals surface area contributed by atoms with E-state index in [-0.39, 0.29) is 6.04 Å². The molecule has 1 aromatic rings. The first kappa shape index (κ1) is 13.6. The Morgan fingerprint density at radius 2 is 2.10 bits per heavy atom. The van der Waals surface area contributed by atoms with Crippen LogP contribution in [0.2, 0.25) is 0 Å². The molecule has 4 heteroatoms. The summed E-state index contributed by atoms with van der Waals surface area (Å²) >= 11 is 0. The molecule has 114 valence electrons. The molecule has 0 radical (unpaired) electrons. The minimum atomic E-state index is 0.289. The summed E-state index contributed by atoms with van der Waals surface area (Å²) in [5.74, 6) is 1.08. The molecule has 2 bridgehead atoms. The molecular weight excluding hydrogens is 262 g/mol. The largest absolute Gasteiger partial charge is 0.493 e. The molecule has 4 heterocycles. The number of fused-ring (bicyclic) bond motifs is 4. The van der Waals surface area contributed by atoms with Crippen LogP contribution in [-0.4, -0.2) is 61.2 Å². The molecule has 2 unspecified atom stereocenters. The van der Waals surface area contributed by atoms with Crippen molar-refractivity contribution < 1.29 is 4.74 Å². The maximum Gasteiger partial charge on any atom is 0.122 e. The number of nitrogens with two attached hydrogens (primary N) is 1. The lowest BCUT2D eigenvalue weighted by molar-refractivity contribution is 0.00148. The van der Waals surface area contributed by atoms with Crippen LogP contribution in [0.3, 0.4) is 0 Å². The molecule has 3 fully saturated rings. The first-order valence-electron chi connectivity index (χ1n) is 8.26. The molecule has 4 aliphatic heterocycles. The first-order chi connectivity index (χ1) is 10.3. The zero-order valence-corrected chi connectivity index (χ0v) is 12.6. The van der Waals surface area contributed by atoms with Gasteiger partial charge in [-0.25, -0.2) is 0 Å². The monoisotopic (exact) mass is 287 g/mol.